The van der Waals surface area contributed by atoms with Crippen LogP contribution in [0.1, 0.15) is 26.2 Å². The number of fused-ring (bicyclic) bond motifs is 1. The maximum Gasteiger partial charge on any atom is 0.275 e. The van der Waals surface area contributed by atoms with Crippen LogP contribution in [0.3, 0.4) is 0 Å². The van der Waals surface area contributed by atoms with Crippen LogP contribution in [0.2, 0.25) is 0 Å². The van der Waals surface area contributed by atoms with E-state index in [0.717, 1.165) is 11.0 Å². The highest BCUT2D eigenvalue weighted by atomic mass is 32.1. The molecule has 2 aromatic rings. The van der Waals surface area contributed by atoms with E-state index in [-0.39, 0.29) is 5.56 Å². The molecule has 3 rings (SSSR count). The van der Waals surface area contributed by atoms with Crippen molar-refractivity contribution >= 4 is 21.4 Å². The summed E-state index contributed by atoms with van der Waals surface area (Å²) in [4.78, 5) is 16.3. The van der Waals surface area contributed by atoms with E-state index < -0.39 is 0 Å². The van der Waals surface area contributed by atoms with Crippen molar-refractivity contribution < 1.29 is 0 Å². The van der Waals surface area contributed by atoms with E-state index in [4.69, 9.17) is 0 Å². The fraction of sp³-hybridized carbons (Fsp3) is 0.545. The van der Waals surface area contributed by atoms with Gasteiger partial charge in [0.1, 0.15) is 0 Å². The second kappa shape index (κ2) is 4.10. The number of rotatable bonds is 3. The summed E-state index contributed by atoms with van der Waals surface area (Å²) in [5.41, 5.74) is -0.129. The largest absolute Gasteiger partial charge is 0.357 e. The molecule has 1 unspecified atom stereocenters. The Kier molecular flexibility index (Phi) is 2.58. The Morgan fingerprint density at radius 2 is 2.41 bits per heavy atom. The highest BCUT2D eigenvalue weighted by molar-refractivity contribution is 7.20. The number of anilines is 1. The molecule has 2 heterocycles. The molecular weight excluding hydrogens is 236 g/mol. The van der Waals surface area contributed by atoms with Gasteiger partial charge in [0, 0.05) is 18.3 Å². The standard InChI is InChI=1S/C11H14N4OS/c1-7(8-3-2-4-8)13-10-14-15-9(16)5-6-12-11(15)17-10/h5-8H,2-4H2,1H3,(H,13,14). The summed E-state index contributed by atoms with van der Waals surface area (Å²) in [7, 11) is 0. The Morgan fingerprint density at radius 3 is 3.06 bits per heavy atom. The summed E-state index contributed by atoms with van der Waals surface area (Å²) in [6, 6.07) is 1.84. The normalized spacial score (nSPS) is 17.9. The quantitative estimate of drug-likeness (QED) is 0.901. The molecule has 0 aliphatic heterocycles. The molecule has 6 heteroatoms. The molecule has 1 aliphatic carbocycles. The first-order valence-electron chi connectivity index (χ1n) is 5.85. The van der Waals surface area contributed by atoms with Crippen molar-refractivity contribution in [1.29, 1.82) is 0 Å². The van der Waals surface area contributed by atoms with Crippen LogP contribution in [0.4, 0.5) is 5.13 Å². The molecule has 1 atom stereocenters. The van der Waals surface area contributed by atoms with Gasteiger partial charge in [0.25, 0.3) is 5.56 Å². The SMILES string of the molecule is CC(Nc1nn2c(=O)ccnc2s1)C1CCC1. The molecule has 0 saturated heterocycles. The Labute approximate surface area is 103 Å². The first kappa shape index (κ1) is 10.7. The van der Waals surface area contributed by atoms with Crippen molar-refractivity contribution in [2.24, 2.45) is 5.92 Å². The highest BCUT2D eigenvalue weighted by Gasteiger charge is 2.24. The number of nitrogens with one attached hydrogen (secondary N) is 1. The van der Waals surface area contributed by atoms with Gasteiger partial charge in [0.2, 0.25) is 10.1 Å². The third kappa shape index (κ3) is 1.93. The summed E-state index contributed by atoms with van der Waals surface area (Å²) in [5.74, 6) is 0.742. The number of nitrogens with zero attached hydrogens (tertiary/aromatic N) is 3. The lowest BCUT2D eigenvalue weighted by Gasteiger charge is -2.31. The molecule has 90 valence electrons. The van der Waals surface area contributed by atoms with Crippen molar-refractivity contribution in [2.45, 2.75) is 32.2 Å². The molecule has 0 aromatic carbocycles. The number of aromatic nitrogens is 3. The number of hydrogen-bond acceptors (Lipinski definition) is 5. The molecular formula is C11H14N4OS. The maximum atomic E-state index is 11.5. The van der Waals surface area contributed by atoms with E-state index in [1.165, 1.54) is 47.4 Å². The van der Waals surface area contributed by atoms with Crippen LogP contribution < -0.4 is 10.9 Å². The van der Waals surface area contributed by atoms with Crippen LogP contribution in [0, 0.1) is 5.92 Å². The summed E-state index contributed by atoms with van der Waals surface area (Å²) in [6.45, 7) is 2.17. The van der Waals surface area contributed by atoms with E-state index >= 15 is 0 Å². The van der Waals surface area contributed by atoms with Crippen LogP contribution in [0.15, 0.2) is 17.1 Å². The van der Waals surface area contributed by atoms with Gasteiger partial charge in [-0.05, 0) is 25.7 Å². The van der Waals surface area contributed by atoms with Crippen LogP contribution in [-0.2, 0) is 0 Å². The second-order valence-corrected chi connectivity index (χ2v) is 5.46. The fourth-order valence-corrected chi connectivity index (χ4v) is 2.93. The zero-order valence-electron chi connectivity index (χ0n) is 9.59. The zero-order chi connectivity index (χ0) is 11.8. The molecule has 1 saturated carbocycles. The lowest BCUT2D eigenvalue weighted by Crippen LogP contribution is -2.30. The molecule has 0 amide bonds. The lowest BCUT2D eigenvalue weighted by molar-refractivity contribution is 0.285. The van der Waals surface area contributed by atoms with E-state index in [0.29, 0.717) is 11.0 Å². The number of hydrogen-bond donors (Lipinski definition) is 1. The predicted molar refractivity (Wildman–Crippen MR) is 67.6 cm³/mol. The Balaban J connectivity index is 1.85. The van der Waals surface area contributed by atoms with Gasteiger partial charge in [0.15, 0.2) is 0 Å². The minimum atomic E-state index is -0.129. The van der Waals surface area contributed by atoms with Crippen LogP contribution in [0.25, 0.3) is 4.96 Å². The minimum Gasteiger partial charge on any atom is -0.357 e. The predicted octanol–water partition coefficient (Wildman–Crippen LogP) is 1.75. The molecule has 17 heavy (non-hydrogen) atoms. The topological polar surface area (TPSA) is 59.3 Å². The van der Waals surface area contributed by atoms with E-state index in [1.807, 2.05) is 0 Å². The Morgan fingerprint density at radius 1 is 1.59 bits per heavy atom. The first-order chi connectivity index (χ1) is 8.24. The molecule has 1 aliphatic rings. The summed E-state index contributed by atoms with van der Waals surface area (Å²) in [5, 5.41) is 8.39. The first-order valence-corrected chi connectivity index (χ1v) is 6.67. The van der Waals surface area contributed by atoms with E-state index in [2.05, 4.69) is 22.3 Å². The molecule has 1 fully saturated rings. The van der Waals surface area contributed by atoms with E-state index in [9.17, 15) is 4.79 Å². The Bertz CT molecular complexity index is 586. The van der Waals surface area contributed by atoms with Crippen LogP contribution >= 0.6 is 11.3 Å². The third-order valence-corrected chi connectivity index (χ3v) is 4.23. The monoisotopic (exact) mass is 250 g/mol. The van der Waals surface area contributed by atoms with Crippen molar-refractivity contribution in [3.8, 4) is 0 Å². The van der Waals surface area contributed by atoms with Gasteiger partial charge >= 0.3 is 0 Å². The summed E-state index contributed by atoms with van der Waals surface area (Å²) >= 11 is 1.42. The zero-order valence-corrected chi connectivity index (χ0v) is 10.4. The summed E-state index contributed by atoms with van der Waals surface area (Å²) < 4.78 is 1.35. The van der Waals surface area contributed by atoms with Crippen molar-refractivity contribution in [3.63, 3.8) is 0 Å². The van der Waals surface area contributed by atoms with Crippen molar-refractivity contribution in [1.82, 2.24) is 14.6 Å². The minimum absolute atomic E-state index is 0.129. The molecule has 5 nitrogen and oxygen atoms in total. The molecule has 0 bridgehead atoms. The van der Waals surface area contributed by atoms with Gasteiger partial charge in [-0.25, -0.2) is 4.98 Å². The smallest absolute Gasteiger partial charge is 0.275 e. The maximum absolute atomic E-state index is 11.5. The van der Waals surface area contributed by atoms with Crippen LogP contribution in [-0.4, -0.2) is 20.6 Å². The fourth-order valence-electron chi connectivity index (χ4n) is 2.05. The molecule has 2 aromatic heterocycles. The Hall–Kier alpha value is -1.43. The van der Waals surface area contributed by atoms with Gasteiger partial charge in [-0.2, -0.15) is 4.52 Å². The van der Waals surface area contributed by atoms with Crippen molar-refractivity contribution in [2.75, 3.05) is 5.32 Å². The van der Waals surface area contributed by atoms with Gasteiger partial charge in [-0.1, -0.05) is 17.8 Å². The average Bonchev–Trinajstić information content (AvgIpc) is 2.58. The average molecular weight is 250 g/mol. The van der Waals surface area contributed by atoms with Gasteiger partial charge < -0.3 is 5.32 Å². The molecule has 0 radical (unpaired) electrons. The van der Waals surface area contributed by atoms with Gasteiger partial charge in [-0.15, -0.1) is 5.10 Å². The highest BCUT2D eigenvalue weighted by Crippen LogP contribution is 2.31. The molecule has 1 N–H and O–H groups in total. The van der Waals surface area contributed by atoms with Crippen LogP contribution in [0.5, 0.6) is 0 Å². The third-order valence-electron chi connectivity index (χ3n) is 3.38. The van der Waals surface area contributed by atoms with Gasteiger partial charge in [0.05, 0.1) is 0 Å². The lowest BCUT2D eigenvalue weighted by atomic mass is 9.80. The van der Waals surface area contributed by atoms with Gasteiger partial charge in [-0.3, -0.25) is 4.79 Å². The second-order valence-electron chi connectivity index (χ2n) is 4.51. The van der Waals surface area contributed by atoms with E-state index in [1.54, 1.807) is 0 Å². The van der Waals surface area contributed by atoms with Crippen molar-refractivity contribution in [3.05, 3.63) is 22.6 Å². The summed E-state index contributed by atoms with van der Waals surface area (Å²) in [6.07, 6.45) is 5.43. The molecule has 0 spiro atoms.